The summed E-state index contributed by atoms with van der Waals surface area (Å²) in [5.74, 6) is -0.554. The van der Waals surface area contributed by atoms with Crippen LogP contribution in [0.4, 0.5) is 0 Å². The van der Waals surface area contributed by atoms with Gasteiger partial charge >= 0.3 is 0 Å². The highest BCUT2D eigenvalue weighted by Crippen LogP contribution is 2.11. The van der Waals surface area contributed by atoms with Crippen molar-refractivity contribution >= 4 is 5.78 Å². The second-order valence-corrected chi connectivity index (χ2v) is 2.43. The van der Waals surface area contributed by atoms with Crippen molar-refractivity contribution in [2.24, 2.45) is 0 Å². The molecule has 0 radical (unpaired) electrons. The summed E-state index contributed by atoms with van der Waals surface area (Å²) < 4.78 is 4.71. The first-order valence-corrected chi connectivity index (χ1v) is 3.28. The van der Waals surface area contributed by atoms with Crippen molar-refractivity contribution in [3.05, 3.63) is 0 Å². The first-order valence-electron chi connectivity index (χ1n) is 3.28. The molecule has 64 valence electrons. The molecule has 1 saturated heterocycles. The van der Waals surface area contributed by atoms with Gasteiger partial charge in [-0.25, -0.2) is 0 Å². The number of aliphatic hydroxyl groups excluding tert-OH is 3. The molecule has 1 rings (SSSR count). The SMILES string of the molecule is O=C1COC(CO)C(O)C1O. The van der Waals surface area contributed by atoms with Crippen molar-refractivity contribution in [1.29, 1.82) is 0 Å². The quantitative estimate of drug-likeness (QED) is 0.402. The predicted molar refractivity (Wildman–Crippen MR) is 33.8 cm³/mol. The van der Waals surface area contributed by atoms with E-state index in [1.165, 1.54) is 0 Å². The van der Waals surface area contributed by atoms with Gasteiger partial charge in [-0.05, 0) is 0 Å². The molecule has 3 N–H and O–H groups in total. The second-order valence-electron chi connectivity index (χ2n) is 2.43. The van der Waals surface area contributed by atoms with E-state index >= 15 is 0 Å². The molecule has 0 bridgehead atoms. The monoisotopic (exact) mass is 162 g/mol. The van der Waals surface area contributed by atoms with Gasteiger partial charge in [-0.15, -0.1) is 0 Å². The lowest BCUT2D eigenvalue weighted by atomic mass is 10.0. The number of aliphatic hydroxyl groups is 3. The zero-order valence-electron chi connectivity index (χ0n) is 5.80. The minimum atomic E-state index is -1.42. The van der Waals surface area contributed by atoms with Crippen molar-refractivity contribution in [3.8, 4) is 0 Å². The molecular formula is C6H10O5. The van der Waals surface area contributed by atoms with Gasteiger partial charge < -0.3 is 20.1 Å². The van der Waals surface area contributed by atoms with E-state index in [0.717, 1.165) is 0 Å². The van der Waals surface area contributed by atoms with Crippen LogP contribution in [-0.2, 0) is 9.53 Å². The number of hydrogen-bond donors (Lipinski definition) is 3. The summed E-state index contributed by atoms with van der Waals surface area (Å²) >= 11 is 0. The van der Waals surface area contributed by atoms with Crippen LogP contribution in [0.2, 0.25) is 0 Å². The topological polar surface area (TPSA) is 87.0 Å². The fourth-order valence-corrected chi connectivity index (χ4v) is 0.928. The van der Waals surface area contributed by atoms with Gasteiger partial charge in [-0.3, -0.25) is 4.79 Å². The van der Waals surface area contributed by atoms with E-state index in [-0.39, 0.29) is 6.61 Å². The van der Waals surface area contributed by atoms with Crippen molar-refractivity contribution in [2.75, 3.05) is 13.2 Å². The number of Topliss-reactive ketones (excluding diaryl/α,β-unsaturated/α-hetero) is 1. The molecule has 5 heteroatoms. The first-order chi connectivity index (χ1) is 5.16. The summed E-state index contributed by atoms with van der Waals surface area (Å²) in [6.07, 6.45) is -3.56. The van der Waals surface area contributed by atoms with Crippen LogP contribution in [-0.4, -0.2) is 52.6 Å². The van der Waals surface area contributed by atoms with E-state index in [4.69, 9.17) is 20.1 Å². The predicted octanol–water partition coefficient (Wildman–Crippen LogP) is -2.33. The number of carbonyl (C=O) groups excluding carboxylic acids is 1. The largest absolute Gasteiger partial charge is 0.394 e. The molecule has 1 heterocycles. The van der Waals surface area contributed by atoms with Crippen LogP contribution in [0.3, 0.4) is 0 Å². The van der Waals surface area contributed by atoms with Gasteiger partial charge in [0.2, 0.25) is 0 Å². The van der Waals surface area contributed by atoms with Crippen molar-refractivity contribution in [3.63, 3.8) is 0 Å². The van der Waals surface area contributed by atoms with E-state index in [0.29, 0.717) is 0 Å². The molecule has 3 atom stereocenters. The number of rotatable bonds is 1. The number of carbonyl (C=O) groups is 1. The Hall–Kier alpha value is -0.490. The molecule has 0 aromatic carbocycles. The van der Waals surface area contributed by atoms with Crippen LogP contribution in [0.25, 0.3) is 0 Å². The van der Waals surface area contributed by atoms with Crippen molar-refractivity contribution in [1.82, 2.24) is 0 Å². The van der Waals surface area contributed by atoms with Crippen LogP contribution in [0.1, 0.15) is 0 Å². The molecule has 11 heavy (non-hydrogen) atoms. The van der Waals surface area contributed by atoms with E-state index in [1.54, 1.807) is 0 Å². The molecular weight excluding hydrogens is 152 g/mol. The van der Waals surface area contributed by atoms with E-state index in [1.807, 2.05) is 0 Å². The third-order valence-electron chi connectivity index (χ3n) is 1.65. The lowest BCUT2D eigenvalue weighted by Crippen LogP contribution is -2.51. The highest BCUT2D eigenvalue weighted by molar-refractivity contribution is 5.85. The Labute approximate surface area is 63.2 Å². The molecule has 1 aliphatic heterocycles. The number of ketones is 1. The normalized spacial score (nSPS) is 39.2. The second kappa shape index (κ2) is 3.27. The third kappa shape index (κ3) is 1.57. The zero-order valence-corrected chi connectivity index (χ0v) is 5.80. The lowest BCUT2D eigenvalue weighted by molar-refractivity contribution is -0.170. The third-order valence-corrected chi connectivity index (χ3v) is 1.65. The van der Waals surface area contributed by atoms with Gasteiger partial charge in [-0.1, -0.05) is 0 Å². The number of hydrogen-bond acceptors (Lipinski definition) is 5. The summed E-state index contributed by atoms with van der Waals surface area (Å²) in [5.41, 5.74) is 0. The summed E-state index contributed by atoms with van der Waals surface area (Å²) in [6.45, 7) is -0.644. The van der Waals surface area contributed by atoms with Gasteiger partial charge in [-0.2, -0.15) is 0 Å². The van der Waals surface area contributed by atoms with Crippen LogP contribution in [0.15, 0.2) is 0 Å². The molecule has 3 unspecified atom stereocenters. The molecule has 0 saturated carbocycles. The molecule has 1 fully saturated rings. The van der Waals surface area contributed by atoms with Gasteiger partial charge in [0.1, 0.15) is 24.9 Å². The molecule has 1 aliphatic rings. The highest BCUT2D eigenvalue weighted by Gasteiger charge is 2.36. The lowest BCUT2D eigenvalue weighted by Gasteiger charge is -2.29. The maximum Gasteiger partial charge on any atom is 0.189 e. The Kier molecular flexibility index (Phi) is 2.56. The standard InChI is InChI=1S/C6H10O5/c7-1-4-6(10)5(9)3(8)2-11-4/h4-7,9-10H,1-2H2. The van der Waals surface area contributed by atoms with E-state index < -0.39 is 30.7 Å². The highest BCUT2D eigenvalue weighted by atomic mass is 16.5. The fraction of sp³-hybridized carbons (Fsp3) is 0.833. The van der Waals surface area contributed by atoms with Crippen LogP contribution < -0.4 is 0 Å². The van der Waals surface area contributed by atoms with Gasteiger partial charge in [0, 0.05) is 0 Å². The van der Waals surface area contributed by atoms with Crippen molar-refractivity contribution < 1.29 is 24.9 Å². The van der Waals surface area contributed by atoms with Gasteiger partial charge in [0.05, 0.1) is 6.61 Å². The Morgan fingerprint density at radius 3 is 2.73 bits per heavy atom. The smallest absolute Gasteiger partial charge is 0.189 e. The maximum atomic E-state index is 10.6. The summed E-state index contributed by atoms with van der Waals surface area (Å²) in [4.78, 5) is 10.6. The van der Waals surface area contributed by atoms with Gasteiger partial charge in [0.25, 0.3) is 0 Å². The van der Waals surface area contributed by atoms with Crippen LogP contribution in [0.5, 0.6) is 0 Å². The Morgan fingerprint density at radius 1 is 1.55 bits per heavy atom. The average molecular weight is 162 g/mol. The Balaban J connectivity index is 2.59. The van der Waals surface area contributed by atoms with Gasteiger partial charge in [0.15, 0.2) is 5.78 Å². The minimum absolute atomic E-state index is 0.247. The summed E-state index contributed by atoms with van der Waals surface area (Å²) in [7, 11) is 0. The van der Waals surface area contributed by atoms with Crippen LogP contribution in [0, 0.1) is 0 Å². The average Bonchev–Trinajstić information content (AvgIpc) is 2.01. The molecule has 0 aromatic rings. The van der Waals surface area contributed by atoms with Crippen LogP contribution >= 0.6 is 0 Å². The van der Waals surface area contributed by atoms with E-state index in [9.17, 15) is 4.79 Å². The molecule has 5 nitrogen and oxygen atoms in total. The maximum absolute atomic E-state index is 10.6. The van der Waals surface area contributed by atoms with E-state index in [2.05, 4.69) is 0 Å². The number of ether oxygens (including phenoxy) is 1. The minimum Gasteiger partial charge on any atom is -0.394 e. The fourth-order valence-electron chi connectivity index (χ4n) is 0.928. The molecule has 0 spiro atoms. The van der Waals surface area contributed by atoms with Crippen molar-refractivity contribution in [2.45, 2.75) is 18.3 Å². The molecule has 0 amide bonds. The first kappa shape index (κ1) is 8.61. The summed E-state index contributed by atoms with van der Waals surface area (Å²) in [5, 5.41) is 26.6. The zero-order chi connectivity index (χ0) is 8.43. The molecule has 0 aliphatic carbocycles. The Bertz CT molecular complexity index is 157. The summed E-state index contributed by atoms with van der Waals surface area (Å²) in [6, 6.07) is 0. The Morgan fingerprint density at radius 2 is 2.18 bits per heavy atom. The molecule has 0 aromatic heterocycles.